The van der Waals surface area contributed by atoms with Gasteiger partial charge in [0.1, 0.15) is 5.75 Å². The van der Waals surface area contributed by atoms with Crippen LogP contribution >= 0.6 is 23.4 Å². The molecule has 0 aliphatic carbocycles. The fourth-order valence-corrected chi connectivity index (χ4v) is 3.62. The van der Waals surface area contributed by atoms with Gasteiger partial charge in [-0.15, -0.1) is 0 Å². The van der Waals surface area contributed by atoms with Crippen molar-refractivity contribution in [3.8, 4) is 5.75 Å². The Hall–Kier alpha value is -1.99. The van der Waals surface area contributed by atoms with Crippen molar-refractivity contribution >= 4 is 35.0 Å². The van der Waals surface area contributed by atoms with Gasteiger partial charge in [0.2, 0.25) is 5.91 Å². The van der Waals surface area contributed by atoms with Gasteiger partial charge in [0, 0.05) is 30.2 Å². The lowest BCUT2D eigenvalue weighted by molar-refractivity contribution is -0.119. The minimum absolute atomic E-state index is 0.146. The van der Waals surface area contributed by atoms with Gasteiger partial charge in [0.15, 0.2) is 5.16 Å². The summed E-state index contributed by atoms with van der Waals surface area (Å²) in [5.74, 6) is 0.659. The van der Waals surface area contributed by atoms with E-state index in [1.165, 1.54) is 35.7 Å². The molecule has 1 aromatic heterocycles. The average molecular weight is 352 g/mol. The average Bonchev–Trinajstić information content (AvgIpc) is 2.55. The molecule has 3 rings (SSSR count). The highest BCUT2D eigenvalue weighted by molar-refractivity contribution is 7.99. The third kappa shape index (κ3) is 3.35. The van der Waals surface area contributed by atoms with Crippen LogP contribution in [0.3, 0.4) is 0 Å². The molecule has 1 atom stereocenters. The molecule has 0 saturated carbocycles. The molecule has 6 nitrogen and oxygen atoms in total. The molecule has 1 aliphatic rings. The van der Waals surface area contributed by atoms with Crippen LogP contribution in [0.15, 0.2) is 40.4 Å². The monoisotopic (exact) mass is 351 g/mol. The van der Waals surface area contributed by atoms with E-state index >= 15 is 0 Å². The number of anilines is 1. The Balaban J connectivity index is 1.73. The van der Waals surface area contributed by atoms with E-state index in [1.54, 1.807) is 18.2 Å². The molecule has 0 fully saturated rings. The minimum atomic E-state index is -0.310. The van der Waals surface area contributed by atoms with Crippen LogP contribution < -0.4 is 15.6 Å². The van der Waals surface area contributed by atoms with Crippen LogP contribution in [0.25, 0.3) is 0 Å². The van der Waals surface area contributed by atoms with E-state index in [2.05, 4.69) is 10.3 Å². The summed E-state index contributed by atoms with van der Waals surface area (Å²) in [6.07, 6.45) is 1.49. The van der Waals surface area contributed by atoms with Crippen molar-refractivity contribution in [1.82, 2.24) is 9.55 Å². The lowest BCUT2D eigenvalue weighted by Gasteiger charge is -2.23. The van der Waals surface area contributed by atoms with Gasteiger partial charge in [0.05, 0.1) is 18.1 Å². The number of fused-ring (bicyclic) bond motifs is 1. The van der Waals surface area contributed by atoms with Gasteiger partial charge in [-0.1, -0.05) is 23.4 Å². The number of carbonyl (C=O) groups is 1. The number of carbonyl (C=O) groups excluding carboxylic acids is 1. The van der Waals surface area contributed by atoms with Gasteiger partial charge in [-0.05, 0) is 18.2 Å². The Labute approximate surface area is 141 Å². The zero-order chi connectivity index (χ0) is 16.4. The molecule has 1 N–H and O–H groups in total. The normalized spacial score (nSPS) is 16.5. The predicted octanol–water partition coefficient (Wildman–Crippen LogP) is 2.27. The Morgan fingerprint density at radius 3 is 3.04 bits per heavy atom. The summed E-state index contributed by atoms with van der Waals surface area (Å²) in [7, 11) is 1.53. The number of methoxy groups -OCH3 is 1. The number of hydrogen-bond acceptors (Lipinski definition) is 5. The van der Waals surface area contributed by atoms with Crippen LogP contribution in [0, 0.1) is 5.92 Å². The van der Waals surface area contributed by atoms with Crippen LogP contribution in [0.5, 0.6) is 5.75 Å². The maximum Gasteiger partial charge on any atom is 0.254 e. The van der Waals surface area contributed by atoms with E-state index < -0.39 is 0 Å². The second-order valence-electron chi connectivity index (χ2n) is 5.02. The zero-order valence-corrected chi connectivity index (χ0v) is 13.9. The molecular weight excluding hydrogens is 338 g/mol. The predicted molar refractivity (Wildman–Crippen MR) is 89.3 cm³/mol. The van der Waals surface area contributed by atoms with Gasteiger partial charge in [-0.3, -0.25) is 14.2 Å². The van der Waals surface area contributed by atoms with Crippen molar-refractivity contribution < 1.29 is 9.53 Å². The number of halogens is 1. The number of nitrogens with one attached hydrogen (secondary N) is 1. The quantitative estimate of drug-likeness (QED) is 0.859. The second kappa shape index (κ2) is 6.64. The molecule has 120 valence electrons. The molecule has 2 aromatic rings. The molecule has 1 unspecified atom stereocenters. The van der Waals surface area contributed by atoms with E-state index in [0.717, 1.165) is 0 Å². The fraction of sp³-hybridized carbons (Fsp3) is 0.267. The highest BCUT2D eigenvalue weighted by Crippen LogP contribution is 2.29. The van der Waals surface area contributed by atoms with Crippen molar-refractivity contribution in [2.45, 2.75) is 11.7 Å². The second-order valence-corrected chi connectivity index (χ2v) is 6.42. The number of ether oxygens (including phenoxy) is 1. The Morgan fingerprint density at radius 1 is 1.48 bits per heavy atom. The first-order valence-corrected chi connectivity index (χ1v) is 8.28. The lowest BCUT2D eigenvalue weighted by Crippen LogP contribution is -2.36. The zero-order valence-electron chi connectivity index (χ0n) is 12.3. The van der Waals surface area contributed by atoms with E-state index in [9.17, 15) is 9.59 Å². The summed E-state index contributed by atoms with van der Waals surface area (Å²) >= 11 is 7.46. The van der Waals surface area contributed by atoms with Crippen LogP contribution in [0.4, 0.5) is 5.69 Å². The number of hydrogen-bond donors (Lipinski definition) is 1. The third-order valence-electron chi connectivity index (χ3n) is 3.51. The molecule has 23 heavy (non-hydrogen) atoms. The molecule has 1 aromatic carbocycles. The van der Waals surface area contributed by atoms with Gasteiger partial charge < -0.3 is 10.1 Å². The van der Waals surface area contributed by atoms with Crippen molar-refractivity contribution in [1.29, 1.82) is 0 Å². The van der Waals surface area contributed by atoms with Gasteiger partial charge in [-0.25, -0.2) is 4.98 Å². The lowest BCUT2D eigenvalue weighted by atomic mass is 10.1. The molecule has 0 radical (unpaired) electrons. The van der Waals surface area contributed by atoms with Crippen LogP contribution in [-0.4, -0.2) is 28.3 Å². The molecular formula is C15H14ClN3O3S. The maximum atomic E-state index is 12.4. The van der Waals surface area contributed by atoms with Gasteiger partial charge in [-0.2, -0.15) is 0 Å². The first-order chi connectivity index (χ1) is 11.1. The smallest absolute Gasteiger partial charge is 0.254 e. The first kappa shape index (κ1) is 15.9. The van der Waals surface area contributed by atoms with Crippen molar-refractivity contribution in [2.24, 2.45) is 5.92 Å². The van der Waals surface area contributed by atoms with Crippen LogP contribution in [0.2, 0.25) is 5.02 Å². The summed E-state index contributed by atoms with van der Waals surface area (Å²) in [5.41, 5.74) is 0.447. The standard InChI is InChI=1S/C15H14ClN3O3S/c1-22-12-3-2-10(6-11(12)16)18-14(21)9-7-19-13(20)4-5-17-15(19)23-8-9/h2-6,9H,7-8H2,1H3,(H,18,21). The van der Waals surface area contributed by atoms with Crippen molar-refractivity contribution in [2.75, 3.05) is 18.2 Å². The molecule has 8 heteroatoms. The third-order valence-corrected chi connectivity index (χ3v) is 4.95. The van der Waals surface area contributed by atoms with Gasteiger partial charge >= 0.3 is 0 Å². The van der Waals surface area contributed by atoms with Crippen molar-refractivity contribution in [3.05, 3.63) is 45.8 Å². The van der Waals surface area contributed by atoms with E-state index in [1.807, 2.05) is 0 Å². The summed E-state index contributed by atoms with van der Waals surface area (Å²) in [5, 5.41) is 3.90. The Morgan fingerprint density at radius 2 is 2.30 bits per heavy atom. The van der Waals surface area contributed by atoms with Crippen LogP contribution in [-0.2, 0) is 11.3 Å². The minimum Gasteiger partial charge on any atom is -0.495 e. The van der Waals surface area contributed by atoms with E-state index in [4.69, 9.17) is 16.3 Å². The molecule has 1 amide bonds. The number of rotatable bonds is 3. The Bertz CT molecular complexity index is 809. The van der Waals surface area contributed by atoms with Gasteiger partial charge in [0.25, 0.3) is 5.56 Å². The molecule has 2 heterocycles. The summed E-state index contributed by atoms with van der Waals surface area (Å²) in [4.78, 5) is 28.4. The number of benzene rings is 1. The van der Waals surface area contributed by atoms with E-state index in [0.29, 0.717) is 33.9 Å². The highest BCUT2D eigenvalue weighted by atomic mass is 35.5. The maximum absolute atomic E-state index is 12.4. The molecule has 0 bridgehead atoms. The summed E-state index contributed by atoms with van der Waals surface area (Å²) in [6, 6.07) is 6.45. The number of aromatic nitrogens is 2. The number of thioether (sulfide) groups is 1. The highest BCUT2D eigenvalue weighted by Gasteiger charge is 2.26. The molecule has 0 saturated heterocycles. The number of amides is 1. The van der Waals surface area contributed by atoms with Crippen LogP contribution in [0.1, 0.15) is 0 Å². The van der Waals surface area contributed by atoms with E-state index in [-0.39, 0.29) is 17.4 Å². The number of nitrogens with zero attached hydrogens (tertiary/aromatic N) is 2. The first-order valence-electron chi connectivity index (χ1n) is 6.91. The summed E-state index contributed by atoms with van der Waals surface area (Å²) in [6.45, 7) is 0.324. The van der Waals surface area contributed by atoms with Crippen molar-refractivity contribution in [3.63, 3.8) is 0 Å². The molecule has 0 spiro atoms. The Kier molecular flexibility index (Phi) is 4.58. The topological polar surface area (TPSA) is 73.2 Å². The molecule has 1 aliphatic heterocycles. The summed E-state index contributed by atoms with van der Waals surface area (Å²) < 4.78 is 6.61. The SMILES string of the molecule is COc1ccc(NC(=O)C2CSc3nccc(=O)n3C2)cc1Cl. The largest absolute Gasteiger partial charge is 0.495 e. The fourth-order valence-electron chi connectivity index (χ4n) is 2.30.